The van der Waals surface area contributed by atoms with Crippen LogP contribution in [0.2, 0.25) is 0 Å². The molecule has 1 aromatic heterocycles. The van der Waals surface area contributed by atoms with Crippen molar-refractivity contribution in [3.8, 4) is 5.75 Å². The van der Waals surface area contributed by atoms with Gasteiger partial charge in [-0.25, -0.2) is 9.78 Å². The summed E-state index contributed by atoms with van der Waals surface area (Å²) in [6, 6.07) is 18.3. The normalized spacial score (nSPS) is 11.4. The van der Waals surface area contributed by atoms with Crippen LogP contribution in [0, 0.1) is 0 Å². The highest BCUT2D eigenvalue weighted by molar-refractivity contribution is 7.17. The van der Waals surface area contributed by atoms with E-state index >= 15 is 0 Å². The topological polar surface area (TPSA) is 77.5 Å². The fourth-order valence-electron chi connectivity index (χ4n) is 2.23. The van der Waals surface area contributed by atoms with Gasteiger partial charge >= 0.3 is 5.97 Å². The molecule has 3 rings (SSSR count). The molecule has 1 atom stereocenters. The summed E-state index contributed by atoms with van der Waals surface area (Å²) in [4.78, 5) is 28.6. The molecule has 0 saturated heterocycles. The zero-order valence-corrected chi connectivity index (χ0v) is 14.7. The Morgan fingerprint density at radius 3 is 2.35 bits per heavy atom. The van der Waals surface area contributed by atoms with Crippen molar-refractivity contribution in [3.63, 3.8) is 0 Å². The Labute approximate surface area is 154 Å². The Bertz CT molecular complexity index is 881. The molecule has 1 N–H and O–H groups in total. The van der Waals surface area contributed by atoms with Crippen molar-refractivity contribution in [2.45, 2.75) is 6.10 Å². The van der Waals surface area contributed by atoms with Crippen molar-refractivity contribution in [3.05, 3.63) is 77.3 Å². The van der Waals surface area contributed by atoms with Crippen LogP contribution in [-0.2, 0) is 9.53 Å². The first-order valence-electron chi connectivity index (χ1n) is 7.79. The molecule has 0 saturated carbocycles. The summed E-state index contributed by atoms with van der Waals surface area (Å²) in [5.41, 5.74) is 0.707. The zero-order chi connectivity index (χ0) is 18.4. The molecule has 6 nitrogen and oxygen atoms in total. The highest BCUT2D eigenvalue weighted by atomic mass is 32.1. The van der Waals surface area contributed by atoms with Gasteiger partial charge in [0.1, 0.15) is 10.6 Å². The number of para-hydroxylation sites is 1. The molecular formula is C19H16N2O4S. The number of amides is 1. The lowest BCUT2D eigenvalue weighted by Crippen LogP contribution is -2.25. The average Bonchev–Trinajstić information content (AvgIpc) is 3.15. The Hall–Kier alpha value is -3.19. The van der Waals surface area contributed by atoms with Gasteiger partial charge in [-0.1, -0.05) is 59.9 Å². The van der Waals surface area contributed by atoms with E-state index in [1.165, 1.54) is 13.3 Å². The fraction of sp³-hybridized carbons (Fsp3) is 0.105. The fourth-order valence-corrected chi connectivity index (χ4v) is 2.97. The summed E-state index contributed by atoms with van der Waals surface area (Å²) < 4.78 is 10.5. The van der Waals surface area contributed by atoms with Crippen molar-refractivity contribution in [2.75, 3.05) is 12.4 Å². The number of nitrogens with one attached hydrogen (secondary N) is 1. The zero-order valence-electron chi connectivity index (χ0n) is 13.9. The minimum atomic E-state index is -0.857. The van der Waals surface area contributed by atoms with E-state index in [1.807, 2.05) is 48.5 Å². The number of anilines is 1. The maximum Gasteiger partial charge on any atom is 0.349 e. The van der Waals surface area contributed by atoms with E-state index in [4.69, 9.17) is 4.74 Å². The minimum Gasteiger partial charge on any atom is -0.476 e. The van der Waals surface area contributed by atoms with Crippen LogP contribution in [0.3, 0.4) is 0 Å². The number of nitrogens with zero attached hydrogens (tertiary/aromatic N) is 1. The molecule has 2 aromatic carbocycles. The predicted octanol–water partition coefficient (Wildman–Crippen LogP) is 3.69. The third-order valence-electron chi connectivity index (χ3n) is 3.46. The number of carbonyl (C=O) groups is 2. The molecule has 3 aromatic rings. The van der Waals surface area contributed by atoms with Crippen molar-refractivity contribution >= 4 is 28.3 Å². The summed E-state index contributed by atoms with van der Waals surface area (Å²) in [7, 11) is 1.29. The molecule has 0 unspecified atom stereocenters. The number of ether oxygens (including phenoxy) is 2. The van der Waals surface area contributed by atoms with Gasteiger partial charge in [-0.2, -0.15) is 0 Å². The Morgan fingerprint density at radius 2 is 1.69 bits per heavy atom. The lowest BCUT2D eigenvalue weighted by molar-refractivity contribution is -0.123. The third kappa shape index (κ3) is 4.25. The van der Waals surface area contributed by atoms with E-state index in [-0.39, 0.29) is 5.91 Å². The van der Waals surface area contributed by atoms with E-state index in [9.17, 15) is 9.59 Å². The van der Waals surface area contributed by atoms with Gasteiger partial charge in [0.05, 0.1) is 13.3 Å². The van der Waals surface area contributed by atoms with Crippen molar-refractivity contribution in [1.29, 1.82) is 0 Å². The highest BCUT2D eigenvalue weighted by Gasteiger charge is 2.24. The molecule has 0 aliphatic rings. The van der Waals surface area contributed by atoms with Gasteiger partial charge < -0.3 is 9.47 Å². The van der Waals surface area contributed by atoms with Gasteiger partial charge in [0.15, 0.2) is 5.13 Å². The van der Waals surface area contributed by atoms with Crippen molar-refractivity contribution in [2.24, 2.45) is 0 Å². The first-order valence-corrected chi connectivity index (χ1v) is 8.60. The first kappa shape index (κ1) is 17.6. The average molecular weight is 368 g/mol. The predicted molar refractivity (Wildman–Crippen MR) is 98.3 cm³/mol. The van der Waals surface area contributed by atoms with Gasteiger partial charge in [-0.15, -0.1) is 0 Å². The molecule has 0 aliphatic heterocycles. The van der Waals surface area contributed by atoms with Gasteiger partial charge in [-0.05, 0) is 12.1 Å². The summed E-state index contributed by atoms with van der Waals surface area (Å²) >= 11 is 1.04. The summed E-state index contributed by atoms with van der Waals surface area (Å²) in [5, 5.41) is 2.99. The smallest absolute Gasteiger partial charge is 0.349 e. The quantitative estimate of drug-likeness (QED) is 0.672. The molecule has 1 amide bonds. The Morgan fingerprint density at radius 1 is 1.04 bits per heavy atom. The van der Waals surface area contributed by atoms with Gasteiger partial charge in [-0.3, -0.25) is 10.1 Å². The second kappa shape index (κ2) is 8.26. The number of thiazole rings is 1. The number of aromatic nitrogens is 1. The van der Waals surface area contributed by atoms with Crippen LogP contribution in [0.25, 0.3) is 0 Å². The van der Waals surface area contributed by atoms with E-state index in [2.05, 4.69) is 15.0 Å². The van der Waals surface area contributed by atoms with E-state index in [0.29, 0.717) is 21.3 Å². The number of rotatable bonds is 6. The van der Waals surface area contributed by atoms with Crippen LogP contribution >= 0.6 is 11.3 Å². The van der Waals surface area contributed by atoms with Gasteiger partial charge in [0.2, 0.25) is 6.10 Å². The molecule has 26 heavy (non-hydrogen) atoms. The summed E-state index contributed by atoms with van der Waals surface area (Å²) in [6.07, 6.45) is 0.505. The lowest BCUT2D eigenvalue weighted by atomic mass is 10.1. The molecule has 0 radical (unpaired) electrons. The monoisotopic (exact) mass is 368 g/mol. The second-order valence-corrected chi connectivity index (χ2v) is 6.26. The number of methoxy groups -OCH3 is 1. The summed E-state index contributed by atoms with van der Waals surface area (Å²) in [5.74, 6) is -0.306. The molecule has 0 aliphatic carbocycles. The van der Waals surface area contributed by atoms with Crippen LogP contribution in [0.1, 0.15) is 21.3 Å². The number of carbonyl (C=O) groups excluding carboxylic acids is 2. The molecule has 7 heteroatoms. The molecule has 0 bridgehead atoms. The summed E-state index contributed by atoms with van der Waals surface area (Å²) in [6.45, 7) is 0. The van der Waals surface area contributed by atoms with Crippen LogP contribution in [0.5, 0.6) is 5.75 Å². The third-order valence-corrected chi connectivity index (χ3v) is 4.35. The molecule has 0 spiro atoms. The first-order chi connectivity index (χ1) is 12.7. The SMILES string of the molecule is COC(=O)c1cnc(NC(=O)[C@@H](Oc2ccccc2)c2ccccc2)s1. The largest absolute Gasteiger partial charge is 0.476 e. The minimum absolute atomic E-state index is 0.299. The molecule has 1 heterocycles. The highest BCUT2D eigenvalue weighted by Crippen LogP contribution is 2.25. The lowest BCUT2D eigenvalue weighted by Gasteiger charge is -2.18. The van der Waals surface area contributed by atoms with Crippen molar-refractivity contribution in [1.82, 2.24) is 4.98 Å². The Kier molecular flexibility index (Phi) is 5.60. The number of hydrogen-bond acceptors (Lipinski definition) is 6. The molecular weight excluding hydrogens is 352 g/mol. The number of hydrogen-bond donors (Lipinski definition) is 1. The van der Waals surface area contributed by atoms with E-state index in [1.54, 1.807) is 12.1 Å². The number of esters is 1. The van der Waals surface area contributed by atoms with Crippen molar-refractivity contribution < 1.29 is 19.1 Å². The second-order valence-electron chi connectivity index (χ2n) is 5.23. The maximum atomic E-state index is 12.8. The molecule has 0 fully saturated rings. The standard InChI is InChI=1S/C19H16N2O4S/c1-24-18(23)15-12-20-19(26-15)21-17(22)16(13-8-4-2-5-9-13)25-14-10-6-3-7-11-14/h2-12,16H,1H3,(H,20,21,22)/t16-/m0/s1. The van der Waals surface area contributed by atoms with Gasteiger partial charge in [0.25, 0.3) is 5.91 Å². The Balaban J connectivity index is 1.81. The van der Waals surface area contributed by atoms with Crippen LogP contribution in [0.15, 0.2) is 66.9 Å². The van der Waals surface area contributed by atoms with Crippen LogP contribution < -0.4 is 10.1 Å². The van der Waals surface area contributed by atoms with E-state index in [0.717, 1.165) is 11.3 Å². The van der Waals surface area contributed by atoms with Crippen LogP contribution in [0.4, 0.5) is 5.13 Å². The van der Waals surface area contributed by atoms with E-state index < -0.39 is 12.1 Å². The van der Waals surface area contributed by atoms with Gasteiger partial charge in [0, 0.05) is 5.56 Å². The van der Waals surface area contributed by atoms with Crippen LogP contribution in [-0.4, -0.2) is 24.0 Å². The molecule has 132 valence electrons. The number of benzene rings is 2. The maximum absolute atomic E-state index is 12.8.